The fourth-order valence-corrected chi connectivity index (χ4v) is 3.28. The van der Waals surface area contributed by atoms with Gasteiger partial charge in [-0.25, -0.2) is 4.39 Å². The van der Waals surface area contributed by atoms with Crippen LogP contribution >= 0.6 is 0 Å². The van der Waals surface area contributed by atoms with E-state index in [-0.39, 0.29) is 11.7 Å². The molecular weight excluding hydrogens is 343 g/mol. The van der Waals surface area contributed by atoms with Gasteiger partial charge in [-0.2, -0.15) is 0 Å². The molecule has 0 saturated carbocycles. The number of ether oxygens (including phenoxy) is 1. The van der Waals surface area contributed by atoms with Crippen molar-refractivity contribution in [3.05, 3.63) is 71.0 Å². The van der Waals surface area contributed by atoms with E-state index in [4.69, 9.17) is 4.74 Å². The maximum Gasteiger partial charge on any atom is 0.246 e. The van der Waals surface area contributed by atoms with E-state index in [2.05, 4.69) is 4.90 Å². The van der Waals surface area contributed by atoms with Crippen molar-refractivity contribution in [3.8, 4) is 5.75 Å². The number of benzene rings is 2. The summed E-state index contributed by atoms with van der Waals surface area (Å²) in [6.07, 6.45) is 3.50. The van der Waals surface area contributed by atoms with Gasteiger partial charge in [-0.15, -0.1) is 0 Å². The Hall–Kier alpha value is -2.66. The summed E-state index contributed by atoms with van der Waals surface area (Å²) in [4.78, 5) is 16.5. The van der Waals surface area contributed by atoms with Crippen molar-refractivity contribution in [2.24, 2.45) is 0 Å². The molecule has 0 spiro atoms. The lowest BCUT2D eigenvalue weighted by molar-refractivity contribution is -0.127. The van der Waals surface area contributed by atoms with Crippen molar-refractivity contribution in [3.63, 3.8) is 0 Å². The second kappa shape index (κ2) is 8.82. The third-order valence-corrected chi connectivity index (χ3v) is 4.78. The van der Waals surface area contributed by atoms with Gasteiger partial charge in [0.1, 0.15) is 11.6 Å². The fourth-order valence-electron chi connectivity index (χ4n) is 3.28. The molecule has 0 bridgehead atoms. The third kappa shape index (κ3) is 5.17. The van der Waals surface area contributed by atoms with E-state index in [0.29, 0.717) is 25.4 Å². The largest absolute Gasteiger partial charge is 0.496 e. The molecule has 2 aromatic carbocycles. The molecule has 3 rings (SSSR count). The Kier molecular flexibility index (Phi) is 6.24. The standard InChI is InChI=1S/C22H25FN2O2/c1-17-4-3-5-18(14-17)6-9-22(26)25-12-10-24(11-13-25)16-19-15-20(23)7-8-21(19)27-2/h3-9,14-15H,10-13,16H2,1-2H3/b9-6+. The Morgan fingerprint density at radius 2 is 1.93 bits per heavy atom. The van der Waals surface area contributed by atoms with Gasteiger partial charge in [-0.3, -0.25) is 9.69 Å². The minimum Gasteiger partial charge on any atom is -0.496 e. The first kappa shape index (κ1) is 19.1. The lowest BCUT2D eigenvalue weighted by Gasteiger charge is -2.34. The number of carbonyl (C=O) groups is 1. The number of amides is 1. The van der Waals surface area contributed by atoms with Crippen LogP contribution in [0.4, 0.5) is 4.39 Å². The van der Waals surface area contributed by atoms with E-state index in [1.54, 1.807) is 19.3 Å². The fraction of sp³-hybridized carbons (Fsp3) is 0.318. The molecule has 0 aliphatic carbocycles. The summed E-state index contributed by atoms with van der Waals surface area (Å²) in [5.74, 6) is 0.455. The summed E-state index contributed by atoms with van der Waals surface area (Å²) < 4.78 is 18.8. The highest BCUT2D eigenvalue weighted by Crippen LogP contribution is 2.21. The van der Waals surface area contributed by atoms with Crippen LogP contribution in [0, 0.1) is 12.7 Å². The maximum atomic E-state index is 13.5. The average Bonchev–Trinajstić information content (AvgIpc) is 2.67. The molecule has 0 aromatic heterocycles. The molecule has 1 heterocycles. The van der Waals surface area contributed by atoms with Crippen LogP contribution in [0.5, 0.6) is 5.75 Å². The van der Waals surface area contributed by atoms with Gasteiger partial charge >= 0.3 is 0 Å². The van der Waals surface area contributed by atoms with Gasteiger partial charge in [0.2, 0.25) is 5.91 Å². The average molecular weight is 368 g/mol. The number of piperazine rings is 1. The van der Waals surface area contributed by atoms with E-state index >= 15 is 0 Å². The number of rotatable bonds is 5. The van der Waals surface area contributed by atoms with Crippen molar-refractivity contribution < 1.29 is 13.9 Å². The first-order chi connectivity index (χ1) is 13.0. The molecular formula is C22H25FN2O2. The number of aryl methyl sites for hydroxylation is 1. The predicted octanol–water partition coefficient (Wildman–Crippen LogP) is 3.50. The Balaban J connectivity index is 1.54. The first-order valence-corrected chi connectivity index (χ1v) is 9.13. The summed E-state index contributed by atoms with van der Waals surface area (Å²) >= 11 is 0. The molecule has 5 heteroatoms. The van der Waals surface area contributed by atoms with Crippen LogP contribution in [0.2, 0.25) is 0 Å². The van der Waals surface area contributed by atoms with Crippen LogP contribution in [0.25, 0.3) is 6.08 Å². The molecule has 2 aromatic rings. The highest BCUT2D eigenvalue weighted by molar-refractivity contribution is 5.91. The number of carbonyl (C=O) groups excluding carboxylic acids is 1. The Morgan fingerprint density at radius 3 is 2.63 bits per heavy atom. The van der Waals surface area contributed by atoms with Gasteiger partial charge in [0.15, 0.2) is 0 Å². The Bertz CT molecular complexity index is 827. The summed E-state index contributed by atoms with van der Waals surface area (Å²) in [6, 6.07) is 12.6. The van der Waals surface area contributed by atoms with E-state index in [9.17, 15) is 9.18 Å². The van der Waals surface area contributed by atoms with Crippen LogP contribution < -0.4 is 4.74 Å². The molecule has 1 saturated heterocycles. The second-order valence-corrected chi connectivity index (χ2v) is 6.81. The van der Waals surface area contributed by atoms with Gasteiger partial charge in [-0.1, -0.05) is 29.8 Å². The van der Waals surface area contributed by atoms with Gasteiger partial charge < -0.3 is 9.64 Å². The summed E-state index contributed by atoms with van der Waals surface area (Å²) in [7, 11) is 1.59. The third-order valence-electron chi connectivity index (χ3n) is 4.78. The molecule has 142 valence electrons. The molecule has 0 N–H and O–H groups in total. The quantitative estimate of drug-likeness (QED) is 0.758. The lowest BCUT2D eigenvalue weighted by Crippen LogP contribution is -2.47. The molecule has 0 radical (unpaired) electrons. The monoisotopic (exact) mass is 368 g/mol. The predicted molar refractivity (Wildman–Crippen MR) is 105 cm³/mol. The Labute approximate surface area is 159 Å². The highest BCUT2D eigenvalue weighted by atomic mass is 19.1. The van der Waals surface area contributed by atoms with Crippen LogP contribution in [0.1, 0.15) is 16.7 Å². The zero-order chi connectivity index (χ0) is 19.2. The number of hydrogen-bond acceptors (Lipinski definition) is 3. The number of methoxy groups -OCH3 is 1. The Morgan fingerprint density at radius 1 is 1.15 bits per heavy atom. The van der Waals surface area contributed by atoms with Crippen LogP contribution in [0.15, 0.2) is 48.5 Å². The molecule has 1 aliphatic heterocycles. The second-order valence-electron chi connectivity index (χ2n) is 6.81. The van der Waals surface area contributed by atoms with Gasteiger partial charge in [0.05, 0.1) is 7.11 Å². The number of halogens is 1. The van der Waals surface area contributed by atoms with Crippen molar-refractivity contribution in [1.29, 1.82) is 0 Å². The van der Waals surface area contributed by atoms with E-state index in [0.717, 1.165) is 24.2 Å². The summed E-state index contributed by atoms with van der Waals surface area (Å²) in [5, 5.41) is 0. The minimum absolute atomic E-state index is 0.0273. The van der Waals surface area contributed by atoms with Crippen molar-refractivity contribution in [2.45, 2.75) is 13.5 Å². The summed E-state index contributed by atoms with van der Waals surface area (Å²) in [6.45, 7) is 5.48. The highest BCUT2D eigenvalue weighted by Gasteiger charge is 2.20. The van der Waals surface area contributed by atoms with Crippen LogP contribution in [0.3, 0.4) is 0 Å². The van der Waals surface area contributed by atoms with Crippen LogP contribution in [-0.4, -0.2) is 49.0 Å². The summed E-state index contributed by atoms with van der Waals surface area (Å²) in [5.41, 5.74) is 3.03. The zero-order valence-corrected chi connectivity index (χ0v) is 15.8. The normalized spacial score (nSPS) is 15.3. The van der Waals surface area contributed by atoms with Gasteiger partial charge in [0.25, 0.3) is 0 Å². The number of hydrogen-bond donors (Lipinski definition) is 0. The van der Waals surface area contributed by atoms with E-state index in [1.807, 2.05) is 42.2 Å². The topological polar surface area (TPSA) is 32.8 Å². The lowest BCUT2D eigenvalue weighted by atomic mass is 10.1. The molecule has 27 heavy (non-hydrogen) atoms. The smallest absolute Gasteiger partial charge is 0.246 e. The first-order valence-electron chi connectivity index (χ1n) is 9.13. The van der Waals surface area contributed by atoms with E-state index in [1.165, 1.54) is 17.7 Å². The molecule has 0 atom stereocenters. The molecule has 1 amide bonds. The number of nitrogens with zero attached hydrogens (tertiary/aromatic N) is 2. The van der Waals surface area contributed by atoms with E-state index < -0.39 is 0 Å². The zero-order valence-electron chi connectivity index (χ0n) is 15.8. The SMILES string of the molecule is COc1ccc(F)cc1CN1CCN(C(=O)/C=C/c2cccc(C)c2)CC1. The van der Waals surface area contributed by atoms with Crippen molar-refractivity contribution >= 4 is 12.0 Å². The molecule has 1 fully saturated rings. The maximum absolute atomic E-state index is 13.5. The molecule has 1 aliphatic rings. The molecule has 4 nitrogen and oxygen atoms in total. The minimum atomic E-state index is -0.263. The van der Waals surface area contributed by atoms with Crippen molar-refractivity contribution in [1.82, 2.24) is 9.80 Å². The van der Waals surface area contributed by atoms with Crippen LogP contribution in [-0.2, 0) is 11.3 Å². The van der Waals surface area contributed by atoms with Gasteiger partial charge in [0, 0.05) is 44.4 Å². The molecule has 0 unspecified atom stereocenters. The van der Waals surface area contributed by atoms with Gasteiger partial charge in [-0.05, 0) is 36.8 Å². The van der Waals surface area contributed by atoms with Crippen molar-refractivity contribution in [2.75, 3.05) is 33.3 Å².